The second-order valence-electron chi connectivity index (χ2n) is 17.4. The summed E-state index contributed by atoms with van der Waals surface area (Å²) in [6.07, 6.45) is 7.66. The summed E-state index contributed by atoms with van der Waals surface area (Å²) in [5.41, 5.74) is 0.303. The van der Waals surface area contributed by atoms with Gasteiger partial charge in [-0.2, -0.15) is 0 Å². The summed E-state index contributed by atoms with van der Waals surface area (Å²) in [4.78, 5) is 25.1. The summed E-state index contributed by atoms with van der Waals surface area (Å²) in [6, 6.07) is -0.550. The lowest BCUT2D eigenvalue weighted by Crippen LogP contribution is -2.60. The molecule has 45 heavy (non-hydrogen) atoms. The number of carboxylic acid groups (broad SMARTS) is 1. The maximum absolute atomic E-state index is 12.3. The monoisotopic (exact) mass is 631 g/mol. The van der Waals surface area contributed by atoms with E-state index in [1.54, 1.807) is 6.92 Å². The van der Waals surface area contributed by atoms with Crippen LogP contribution in [0.5, 0.6) is 0 Å². The molecule has 0 aromatic carbocycles. The van der Waals surface area contributed by atoms with Crippen molar-refractivity contribution >= 4 is 11.9 Å². The van der Waals surface area contributed by atoms with Crippen LogP contribution in [0.3, 0.4) is 0 Å². The minimum atomic E-state index is -0.807. The Labute approximate surface area is 269 Å². The first-order chi connectivity index (χ1) is 21.1. The summed E-state index contributed by atoms with van der Waals surface area (Å²) in [5, 5.41) is 21.9. The number of carbonyl (C=O) groups is 2. The van der Waals surface area contributed by atoms with Crippen molar-refractivity contribution in [3.05, 3.63) is 0 Å². The van der Waals surface area contributed by atoms with Crippen molar-refractivity contribution in [2.75, 3.05) is 26.3 Å². The fourth-order valence-electron chi connectivity index (χ4n) is 13.4. The number of fused-ring (bicyclic) bond motifs is 4. The van der Waals surface area contributed by atoms with Crippen molar-refractivity contribution in [1.29, 1.82) is 0 Å². The van der Waals surface area contributed by atoms with Gasteiger partial charge in [-0.05, 0) is 104 Å². The zero-order valence-corrected chi connectivity index (χ0v) is 28.5. The van der Waals surface area contributed by atoms with E-state index in [0.717, 1.165) is 38.5 Å². The van der Waals surface area contributed by atoms with Crippen LogP contribution in [0, 0.1) is 50.7 Å². The van der Waals surface area contributed by atoms with E-state index in [-0.39, 0.29) is 52.5 Å². The molecule has 7 rings (SSSR count). The van der Waals surface area contributed by atoms with Crippen molar-refractivity contribution in [3.63, 3.8) is 0 Å². The Balaban J connectivity index is 1.10. The average molecular weight is 632 g/mol. The number of carbonyl (C=O) groups excluding carboxylic acids is 1. The molecule has 7 fully saturated rings. The smallest absolute Gasteiger partial charge is 0.320 e. The first-order valence-corrected chi connectivity index (χ1v) is 17.8. The number of hydrogen-bond donors (Lipinski definition) is 2. The molecule has 0 amide bonds. The Hall–Kier alpha value is -1.26. The lowest BCUT2D eigenvalue weighted by molar-refractivity contribution is -0.250. The zero-order valence-electron chi connectivity index (χ0n) is 28.5. The third-order valence-electron chi connectivity index (χ3n) is 15.6. The molecule has 2 spiro atoms. The fourth-order valence-corrected chi connectivity index (χ4v) is 13.4. The van der Waals surface area contributed by atoms with Gasteiger partial charge in [0.2, 0.25) is 0 Å². The molecule has 7 aliphatic rings. The van der Waals surface area contributed by atoms with Gasteiger partial charge in [0.15, 0.2) is 6.29 Å². The van der Waals surface area contributed by atoms with Gasteiger partial charge in [0, 0.05) is 18.9 Å². The van der Waals surface area contributed by atoms with Crippen molar-refractivity contribution in [2.45, 2.75) is 137 Å². The highest BCUT2D eigenvalue weighted by Crippen LogP contribution is 2.89. The van der Waals surface area contributed by atoms with E-state index >= 15 is 0 Å². The molecule has 2 N–H and O–H groups in total. The Morgan fingerprint density at radius 1 is 1.04 bits per heavy atom. The van der Waals surface area contributed by atoms with Crippen molar-refractivity contribution in [3.8, 4) is 0 Å². The third-order valence-corrected chi connectivity index (χ3v) is 15.6. The quantitative estimate of drug-likeness (QED) is 0.396. The van der Waals surface area contributed by atoms with E-state index in [4.69, 9.17) is 18.9 Å². The minimum Gasteiger partial charge on any atom is -0.480 e. The van der Waals surface area contributed by atoms with Gasteiger partial charge in [0.05, 0.1) is 37.6 Å². The zero-order chi connectivity index (χ0) is 32.3. The molecule has 14 atom stereocenters. The van der Waals surface area contributed by atoms with E-state index in [2.05, 4.69) is 34.6 Å². The van der Waals surface area contributed by atoms with E-state index in [1.807, 2.05) is 4.90 Å². The van der Waals surface area contributed by atoms with Crippen molar-refractivity contribution in [1.82, 2.24) is 4.90 Å². The van der Waals surface area contributed by atoms with Gasteiger partial charge >= 0.3 is 11.9 Å². The highest BCUT2D eigenvalue weighted by atomic mass is 16.7. The van der Waals surface area contributed by atoms with Gasteiger partial charge in [-0.1, -0.05) is 34.6 Å². The largest absolute Gasteiger partial charge is 0.480 e. The molecule has 254 valence electrons. The SMILES string of the molecule is CC(=O)OCC1CC(C)C2C(O1)C(O)C1(C)C3CCC4C(C)(C)C(OC5CN(C(C)C(=O)O)CCO5)CCC45CC35CCC21C. The number of esters is 1. The van der Waals surface area contributed by atoms with Crippen LogP contribution in [0.15, 0.2) is 0 Å². The second kappa shape index (κ2) is 10.6. The van der Waals surface area contributed by atoms with E-state index < -0.39 is 24.4 Å². The van der Waals surface area contributed by atoms with E-state index in [1.165, 1.54) is 19.8 Å². The highest BCUT2D eigenvalue weighted by molar-refractivity contribution is 5.72. The fraction of sp³-hybridized carbons (Fsp3) is 0.944. The number of hydrogen-bond acceptors (Lipinski definition) is 8. The summed E-state index contributed by atoms with van der Waals surface area (Å²) >= 11 is 0. The number of carboxylic acids is 1. The molecular formula is C36H57NO8. The number of nitrogens with zero attached hydrogens (tertiary/aromatic N) is 1. The molecule has 0 aromatic rings. The van der Waals surface area contributed by atoms with Crippen LogP contribution < -0.4 is 0 Å². The van der Waals surface area contributed by atoms with Crippen LogP contribution in [0.25, 0.3) is 0 Å². The Morgan fingerprint density at radius 3 is 2.47 bits per heavy atom. The Kier molecular flexibility index (Phi) is 7.62. The van der Waals surface area contributed by atoms with Gasteiger partial charge in [0.1, 0.15) is 12.6 Å². The summed E-state index contributed by atoms with van der Waals surface area (Å²) in [5.74, 6) is 0.620. The molecule has 0 aromatic heterocycles. The molecular weight excluding hydrogens is 574 g/mol. The van der Waals surface area contributed by atoms with Crippen molar-refractivity contribution in [2.24, 2.45) is 50.7 Å². The van der Waals surface area contributed by atoms with Crippen LogP contribution in [0.2, 0.25) is 0 Å². The lowest BCUT2D eigenvalue weighted by atomic mass is 9.41. The lowest BCUT2D eigenvalue weighted by Gasteiger charge is -2.64. The number of aliphatic carboxylic acids is 1. The highest BCUT2D eigenvalue weighted by Gasteiger charge is 2.84. The summed E-state index contributed by atoms with van der Waals surface area (Å²) < 4.78 is 24.8. The van der Waals surface area contributed by atoms with E-state index in [9.17, 15) is 19.8 Å². The number of rotatable bonds is 6. The maximum atomic E-state index is 12.3. The molecule has 2 aliphatic heterocycles. The Bertz CT molecular complexity index is 1210. The molecule has 5 saturated carbocycles. The predicted molar refractivity (Wildman–Crippen MR) is 166 cm³/mol. The number of aliphatic hydroxyl groups is 1. The number of ether oxygens (including phenoxy) is 4. The van der Waals surface area contributed by atoms with Gasteiger partial charge in [-0.25, -0.2) is 0 Å². The normalized spacial score (nSPS) is 52.3. The molecule has 5 aliphatic carbocycles. The van der Waals surface area contributed by atoms with E-state index in [0.29, 0.717) is 48.8 Å². The standard InChI is InChI=1S/C36H57NO8/c1-20-16-23(18-43-22(3)38)44-29-28(20)33(6)12-13-36-19-35(36)11-10-26(45-27-17-37(14-15-42-27)21(2)31(40)41)32(4,5)24(35)8-9-25(36)34(33,7)30(29)39/h20-21,23-30,39H,8-19H2,1-7H3,(H,40,41). The first-order valence-electron chi connectivity index (χ1n) is 17.8. The molecule has 14 unspecified atom stereocenters. The van der Waals surface area contributed by atoms with Gasteiger partial charge < -0.3 is 29.2 Å². The third kappa shape index (κ3) is 4.35. The maximum Gasteiger partial charge on any atom is 0.320 e. The molecule has 9 nitrogen and oxygen atoms in total. The van der Waals surface area contributed by atoms with Crippen molar-refractivity contribution < 1.29 is 38.7 Å². The number of morpholine rings is 1. The summed E-state index contributed by atoms with van der Waals surface area (Å²) in [6.45, 7) is 17.0. The van der Waals surface area contributed by atoms with Gasteiger partial charge in [-0.15, -0.1) is 0 Å². The average Bonchev–Trinajstić information content (AvgIpc) is 3.62. The predicted octanol–water partition coefficient (Wildman–Crippen LogP) is 4.88. The minimum absolute atomic E-state index is 0.00253. The van der Waals surface area contributed by atoms with Crippen LogP contribution >= 0.6 is 0 Å². The molecule has 9 heteroatoms. The molecule has 2 heterocycles. The van der Waals surface area contributed by atoms with Crippen LogP contribution in [0.4, 0.5) is 0 Å². The summed E-state index contributed by atoms with van der Waals surface area (Å²) in [7, 11) is 0. The number of aliphatic hydroxyl groups excluding tert-OH is 1. The van der Waals surface area contributed by atoms with Crippen LogP contribution in [-0.2, 0) is 28.5 Å². The topological polar surface area (TPSA) is 115 Å². The van der Waals surface area contributed by atoms with Crippen LogP contribution in [-0.4, -0.2) is 90.1 Å². The Morgan fingerprint density at radius 2 is 1.76 bits per heavy atom. The second-order valence-corrected chi connectivity index (χ2v) is 17.4. The first kappa shape index (κ1) is 32.3. The molecule has 0 bridgehead atoms. The molecule has 0 radical (unpaired) electrons. The van der Waals surface area contributed by atoms with Gasteiger partial charge in [-0.3, -0.25) is 14.5 Å². The van der Waals surface area contributed by atoms with Gasteiger partial charge in [0.25, 0.3) is 0 Å². The molecule has 2 saturated heterocycles. The van der Waals surface area contributed by atoms with Crippen LogP contribution in [0.1, 0.15) is 99.8 Å².